The molecule has 0 bridgehead atoms. The predicted molar refractivity (Wildman–Crippen MR) is 84.2 cm³/mol. The highest BCUT2D eigenvalue weighted by Gasteiger charge is 2.00. The first-order valence-corrected chi connectivity index (χ1v) is 7.75. The van der Waals surface area contributed by atoms with E-state index >= 15 is 0 Å². The molecule has 0 atom stereocenters. The summed E-state index contributed by atoms with van der Waals surface area (Å²) in [5.41, 5.74) is 2.49. The molecule has 1 aromatic rings. The molecule has 0 heterocycles. The van der Waals surface area contributed by atoms with E-state index in [4.69, 9.17) is 4.74 Å². The summed E-state index contributed by atoms with van der Waals surface area (Å²) in [5, 5.41) is 3.52. The third-order valence-electron chi connectivity index (χ3n) is 3.35. The summed E-state index contributed by atoms with van der Waals surface area (Å²) >= 11 is 0. The Labute approximate surface area is 118 Å². The minimum Gasteiger partial charge on any atom is -0.494 e. The predicted octanol–water partition coefficient (Wildman–Crippen LogP) is 5.17. The van der Waals surface area contributed by atoms with Crippen molar-refractivity contribution in [1.82, 2.24) is 0 Å². The van der Waals surface area contributed by atoms with Crippen molar-refractivity contribution >= 4 is 5.69 Å². The third-order valence-corrected chi connectivity index (χ3v) is 3.35. The molecule has 0 aliphatic rings. The summed E-state index contributed by atoms with van der Waals surface area (Å²) < 4.78 is 5.49. The molecule has 1 aromatic carbocycles. The molecule has 2 heteroatoms. The molecule has 0 radical (unpaired) electrons. The van der Waals surface area contributed by atoms with Crippen molar-refractivity contribution < 1.29 is 4.74 Å². The Balaban J connectivity index is 2.22. The lowest BCUT2D eigenvalue weighted by atomic mass is 10.1. The summed E-state index contributed by atoms with van der Waals surface area (Å²) in [4.78, 5) is 0. The Morgan fingerprint density at radius 3 is 2.42 bits per heavy atom. The van der Waals surface area contributed by atoms with Gasteiger partial charge < -0.3 is 10.1 Å². The van der Waals surface area contributed by atoms with Crippen molar-refractivity contribution in [3.63, 3.8) is 0 Å². The maximum Gasteiger partial charge on any atom is 0.119 e. The van der Waals surface area contributed by atoms with Gasteiger partial charge in [0.15, 0.2) is 0 Å². The molecule has 1 N–H and O–H groups in total. The van der Waals surface area contributed by atoms with Gasteiger partial charge >= 0.3 is 0 Å². The zero-order valence-corrected chi connectivity index (χ0v) is 12.8. The number of benzene rings is 1. The standard InChI is InChI=1S/C17H29NO/c1-4-6-7-8-9-10-13-18-17-12-11-16(19-5-2)14-15(17)3/h11-12,14,18H,4-10,13H2,1-3H3. The van der Waals surface area contributed by atoms with Gasteiger partial charge in [-0.2, -0.15) is 0 Å². The molecule has 108 valence electrons. The van der Waals surface area contributed by atoms with Gasteiger partial charge in [0.1, 0.15) is 5.75 Å². The van der Waals surface area contributed by atoms with Crippen molar-refractivity contribution in [3.8, 4) is 5.75 Å². The second kappa shape index (κ2) is 9.71. The van der Waals surface area contributed by atoms with Crippen LogP contribution in [-0.2, 0) is 0 Å². The number of unbranched alkanes of at least 4 members (excludes halogenated alkanes) is 5. The quantitative estimate of drug-likeness (QED) is 0.588. The van der Waals surface area contributed by atoms with E-state index in [1.807, 2.05) is 13.0 Å². The van der Waals surface area contributed by atoms with E-state index in [9.17, 15) is 0 Å². The Hall–Kier alpha value is -1.18. The Bertz CT molecular complexity index is 349. The van der Waals surface area contributed by atoms with E-state index in [2.05, 4.69) is 31.3 Å². The van der Waals surface area contributed by atoms with Crippen molar-refractivity contribution in [2.24, 2.45) is 0 Å². The largest absolute Gasteiger partial charge is 0.494 e. The van der Waals surface area contributed by atoms with Crippen molar-refractivity contribution in [3.05, 3.63) is 23.8 Å². The zero-order chi connectivity index (χ0) is 13.9. The molecule has 0 saturated heterocycles. The molecule has 0 amide bonds. The minimum atomic E-state index is 0.726. The number of rotatable bonds is 10. The molecule has 0 aliphatic carbocycles. The topological polar surface area (TPSA) is 21.3 Å². The first kappa shape index (κ1) is 15.9. The van der Waals surface area contributed by atoms with Gasteiger partial charge in [-0.15, -0.1) is 0 Å². The monoisotopic (exact) mass is 263 g/mol. The molecule has 1 rings (SSSR count). The summed E-state index contributed by atoms with van der Waals surface area (Å²) in [6.07, 6.45) is 8.06. The molecule has 0 saturated carbocycles. The fourth-order valence-corrected chi connectivity index (χ4v) is 2.22. The maximum atomic E-state index is 5.49. The van der Waals surface area contributed by atoms with Crippen LogP contribution in [0.3, 0.4) is 0 Å². The molecule has 0 unspecified atom stereocenters. The van der Waals surface area contributed by atoms with Gasteiger partial charge in [0.05, 0.1) is 6.61 Å². The number of ether oxygens (including phenoxy) is 1. The van der Waals surface area contributed by atoms with E-state index in [0.717, 1.165) is 18.9 Å². The average Bonchev–Trinajstić information content (AvgIpc) is 2.40. The van der Waals surface area contributed by atoms with Gasteiger partial charge in [-0.25, -0.2) is 0 Å². The lowest BCUT2D eigenvalue weighted by Crippen LogP contribution is -2.03. The second-order valence-electron chi connectivity index (χ2n) is 5.10. The molecule has 0 aromatic heterocycles. The van der Waals surface area contributed by atoms with Gasteiger partial charge in [-0.05, 0) is 44.0 Å². The van der Waals surface area contributed by atoms with Crippen LogP contribution in [0.25, 0.3) is 0 Å². The SMILES string of the molecule is CCCCCCCCNc1ccc(OCC)cc1C. The highest BCUT2D eigenvalue weighted by atomic mass is 16.5. The van der Waals surface area contributed by atoms with Crippen molar-refractivity contribution in [2.75, 3.05) is 18.5 Å². The van der Waals surface area contributed by atoms with Gasteiger partial charge in [0, 0.05) is 12.2 Å². The van der Waals surface area contributed by atoms with Crippen molar-refractivity contribution in [2.45, 2.75) is 59.3 Å². The number of hydrogen-bond donors (Lipinski definition) is 1. The smallest absolute Gasteiger partial charge is 0.119 e. The minimum absolute atomic E-state index is 0.726. The Morgan fingerprint density at radius 1 is 1.00 bits per heavy atom. The van der Waals surface area contributed by atoms with Gasteiger partial charge in [0.25, 0.3) is 0 Å². The summed E-state index contributed by atoms with van der Waals surface area (Å²) in [5.74, 6) is 0.963. The molecule has 2 nitrogen and oxygen atoms in total. The number of aryl methyl sites for hydroxylation is 1. The van der Waals surface area contributed by atoms with Gasteiger partial charge in [0.2, 0.25) is 0 Å². The first-order valence-electron chi connectivity index (χ1n) is 7.75. The van der Waals surface area contributed by atoms with Crippen LogP contribution in [-0.4, -0.2) is 13.2 Å². The van der Waals surface area contributed by atoms with Crippen LogP contribution in [0.4, 0.5) is 5.69 Å². The molecular weight excluding hydrogens is 234 g/mol. The lowest BCUT2D eigenvalue weighted by Gasteiger charge is -2.11. The van der Waals surface area contributed by atoms with Crippen LogP contribution in [0.1, 0.15) is 57.9 Å². The summed E-state index contributed by atoms with van der Waals surface area (Å²) in [7, 11) is 0. The third kappa shape index (κ3) is 6.51. The maximum absolute atomic E-state index is 5.49. The average molecular weight is 263 g/mol. The lowest BCUT2D eigenvalue weighted by molar-refractivity contribution is 0.340. The van der Waals surface area contributed by atoms with E-state index < -0.39 is 0 Å². The number of nitrogens with one attached hydrogen (secondary N) is 1. The molecule has 0 spiro atoms. The molecule has 19 heavy (non-hydrogen) atoms. The van der Waals surface area contributed by atoms with Crippen LogP contribution in [0.2, 0.25) is 0 Å². The number of anilines is 1. The highest BCUT2D eigenvalue weighted by molar-refractivity contribution is 5.53. The molecule has 0 fully saturated rings. The van der Waals surface area contributed by atoms with Gasteiger partial charge in [-0.1, -0.05) is 39.0 Å². The van der Waals surface area contributed by atoms with Crippen LogP contribution >= 0.6 is 0 Å². The summed E-state index contributed by atoms with van der Waals surface area (Å²) in [6, 6.07) is 6.27. The van der Waals surface area contributed by atoms with E-state index in [0.29, 0.717) is 0 Å². The second-order valence-corrected chi connectivity index (χ2v) is 5.10. The van der Waals surface area contributed by atoms with Crippen LogP contribution in [0.15, 0.2) is 18.2 Å². The van der Waals surface area contributed by atoms with E-state index in [1.54, 1.807) is 0 Å². The normalized spacial score (nSPS) is 10.5. The molecule has 0 aliphatic heterocycles. The van der Waals surface area contributed by atoms with Crippen molar-refractivity contribution in [1.29, 1.82) is 0 Å². The summed E-state index contributed by atoms with van der Waals surface area (Å²) in [6.45, 7) is 8.20. The fourth-order valence-electron chi connectivity index (χ4n) is 2.22. The first-order chi connectivity index (χ1) is 9.27. The zero-order valence-electron chi connectivity index (χ0n) is 12.8. The van der Waals surface area contributed by atoms with Crippen LogP contribution in [0.5, 0.6) is 5.75 Å². The fraction of sp³-hybridized carbons (Fsp3) is 0.647. The Kier molecular flexibility index (Phi) is 8.11. The van der Waals surface area contributed by atoms with E-state index in [-0.39, 0.29) is 0 Å². The Morgan fingerprint density at radius 2 is 1.74 bits per heavy atom. The number of hydrogen-bond acceptors (Lipinski definition) is 2. The molecular formula is C17H29NO. The van der Waals surface area contributed by atoms with E-state index in [1.165, 1.54) is 49.8 Å². The van der Waals surface area contributed by atoms with Crippen LogP contribution < -0.4 is 10.1 Å². The van der Waals surface area contributed by atoms with Crippen LogP contribution in [0, 0.1) is 6.92 Å². The van der Waals surface area contributed by atoms with Gasteiger partial charge in [-0.3, -0.25) is 0 Å². The highest BCUT2D eigenvalue weighted by Crippen LogP contribution is 2.21.